The molecule has 1 aliphatic rings. The largest absolute Gasteiger partial charge is 0.0707 e. The molecule has 1 aliphatic carbocycles. The summed E-state index contributed by atoms with van der Waals surface area (Å²) < 4.78 is 0. The molecular weight excluding hydrogens is 144 g/mol. The van der Waals surface area contributed by atoms with Crippen LogP contribution in [-0.4, -0.2) is 0 Å². The van der Waals surface area contributed by atoms with E-state index < -0.39 is 0 Å². The van der Waals surface area contributed by atoms with E-state index in [2.05, 4.69) is 27.7 Å². The topological polar surface area (TPSA) is 0 Å². The van der Waals surface area contributed by atoms with Crippen LogP contribution < -0.4 is 0 Å². The predicted octanol–water partition coefficient (Wildman–Crippen LogP) is 4.31. The first-order chi connectivity index (χ1) is 5.65. The van der Waals surface area contributed by atoms with Gasteiger partial charge in [0.05, 0.1) is 0 Å². The Morgan fingerprint density at radius 1 is 1.00 bits per heavy atom. The van der Waals surface area contributed by atoms with E-state index in [-0.39, 0.29) is 0 Å². The fourth-order valence-electron chi connectivity index (χ4n) is 2.34. The van der Waals surface area contributed by atoms with Gasteiger partial charge in [0, 0.05) is 0 Å². The van der Waals surface area contributed by atoms with Crippen LogP contribution in [0.4, 0.5) is 0 Å². The van der Waals surface area contributed by atoms with Crippen molar-refractivity contribution in [2.75, 3.05) is 0 Å². The van der Waals surface area contributed by atoms with Gasteiger partial charge in [0.25, 0.3) is 0 Å². The SMILES string of the molecule is CCC1=C(CC)CC(C)(CC)C1. The van der Waals surface area contributed by atoms with Gasteiger partial charge in [0.15, 0.2) is 0 Å². The van der Waals surface area contributed by atoms with Gasteiger partial charge in [-0.1, -0.05) is 45.3 Å². The Balaban J connectivity index is 2.71. The molecule has 0 amide bonds. The van der Waals surface area contributed by atoms with Crippen molar-refractivity contribution < 1.29 is 0 Å². The van der Waals surface area contributed by atoms with E-state index in [0.717, 1.165) is 0 Å². The van der Waals surface area contributed by atoms with Crippen molar-refractivity contribution in [3.05, 3.63) is 11.1 Å². The van der Waals surface area contributed by atoms with E-state index in [9.17, 15) is 0 Å². The summed E-state index contributed by atoms with van der Waals surface area (Å²) >= 11 is 0. The zero-order chi connectivity index (χ0) is 9.19. The summed E-state index contributed by atoms with van der Waals surface area (Å²) in [4.78, 5) is 0. The number of allylic oxidation sites excluding steroid dienone is 2. The summed E-state index contributed by atoms with van der Waals surface area (Å²) in [5.74, 6) is 0. The maximum atomic E-state index is 2.44. The molecule has 0 bridgehead atoms. The average molecular weight is 166 g/mol. The minimum atomic E-state index is 0.608. The lowest BCUT2D eigenvalue weighted by Gasteiger charge is -2.22. The van der Waals surface area contributed by atoms with E-state index in [4.69, 9.17) is 0 Å². The monoisotopic (exact) mass is 166 g/mol. The van der Waals surface area contributed by atoms with Gasteiger partial charge in [-0.25, -0.2) is 0 Å². The fraction of sp³-hybridized carbons (Fsp3) is 0.833. The Morgan fingerprint density at radius 2 is 1.42 bits per heavy atom. The molecule has 0 aromatic carbocycles. The maximum absolute atomic E-state index is 2.44. The molecule has 1 rings (SSSR count). The third-order valence-corrected chi connectivity index (χ3v) is 3.49. The molecule has 0 heterocycles. The standard InChI is InChI=1S/C12H22/c1-5-10-8-12(4,7-3)9-11(10)6-2/h5-9H2,1-4H3. The molecule has 0 fully saturated rings. The molecule has 0 atom stereocenters. The van der Waals surface area contributed by atoms with Crippen LogP contribution in [0.2, 0.25) is 0 Å². The van der Waals surface area contributed by atoms with Crippen LogP contribution in [0.5, 0.6) is 0 Å². The second-order valence-electron chi connectivity index (χ2n) is 4.43. The van der Waals surface area contributed by atoms with Crippen LogP contribution >= 0.6 is 0 Å². The van der Waals surface area contributed by atoms with Crippen molar-refractivity contribution in [2.24, 2.45) is 5.41 Å². The predicted molar refractivity (Wildman–Crippen MR) is 55.2 cm³/mol. The third kappa shape index (κ3) is 1.73. The highest BCUT2D eigenvalue weighted by atomic mass is 14.4. The van der Waals surface area contributed by atoms with E-state index >= 15 is 0 Å². The van der Waals surface area contributed by atoms with Crippen molar-refractivity contribution in [3.8, 4) is 0 Å². The summed E-state index contributed by atoms with van der Waals surface area (Å²) in [6.45, 7) is 9.36. The summed E-state index contributed by atoms with van der Waals surface area (Å²) in [6, 6.07) is 0. The summed E-state index contributed by atoms with van der Waals surface area (Å²) in [6.07, 6.45) is 6.61. The zero-order valence-corrected chi connectivity index (χ0v) is 9.04. The first kappa shape index (κ1) is 9.83. The van der Waals surface area contributed by atoms with Crippen LogP contribution in [0.25, 0.3) is 0 Å². The van der Waals surface area contributed by atoms with Crippen LogP contribution in [0.1, 0.15) is 59.8 Å². The molecule has 0 radical (unpaired) electrons. The molecule has 0 spiro atoms. The van der Waals surface area contributed by atoms with Crippen molar-refractivity contribution >= 4 is 0 Å². The Labute approximate surface area is 77.1 Å². The second-order valence-corrected chi connectivity index (χ2v) is 4.43. The first-order valence-corrected chi connectivity index (χ1v) is 5.35. The van der Waals surface area contributed by atoms with Gasteiger partial charge in [-0.15, -0.1) is 0 Å². The van der Waals surface area contributed by atoms with Gasteiger partial charge in [0.2, 0.25) is 0 Å². The highest BCUT2D eigenvalue weighted by Gasteiger charge is 2.31. The minimum Gasteiger partial charge on any atom is -0.0707 e. The highest BCUT2D eigenvalue weighted by Crippen LogP contribution is 2.45. The Bertz CT molecular complexity index is 170. The Kier molecular flexibility index (Phi) is 2.98. The molecule has 0 N–H and O–H groups in total. The first-order valence-electron chi connectivity index (χ1n) is 5.35. The van der Waals surface area contributed by atoms with Crippen LogP contribution in [0, 0.1) is 5.41 Å². The molecule has 0 nitrogen and oxygen atoms in total. The van der Waals surface area contributed by atoms with Gasteiger partial charge in [-0.3, -0.25) is 0 Å². The van der Waals surface area contributed by atoms with Crippen LogP contribution in [0.3, 0.4) is 0 Å². The third-order valence-electron chi connectivity index (χ3n) is 3.49. The van der Waals surface area contributed by atoms with Crippen LogP contribution in [0.15, 0.2) is 11.1 Å². The number of hydrogen-bond acceptors (Lipinski definition) is 0. The van der Waals surface area contributed by atoms with Crippen LogP contribution in [-0.2, 0) is 0 Å². The van der Waals surface area contributed by atoms with E-state index in [0.29, 0.717) is 5.41 Å². The summed E-state index contributed by atoms with van der Waals surface area (Å²) in [5, 5.41) is 0. The molecular formula is C12H22. The molecule has 0 heteroatoms. The summed E-state index contributed by atoms with van der Waals surface area (Å²) in [7, 11) is 0. The van der Waals surface area contributed by atoms with E-state index in [1.54, 1.807) is 11.1 Å². The van der Waals surface area contributed by atoms with Gasteiger partial charge < -0.3 is 0 Å². The quantitative estimate of drug-likeness (QED) is 0.548. The maximum Gasteiger partial charge on any atom is -0.0254 e. The summed E-state index contributed by atoms with van der Waals surface area (Å²) in [5.41, 5.74) is 4.11. The molecule has 0 unspecified atom stereocenters. The zero-order valence-electron chi connectivity index (χ0n) is 9.04. The fourth-order valence-corrected chi connectivity index (χ4v) is 2.34. The van der Waals surface area contributed by atoms with Gasteiger partial charge >= 0.3 is 0 Å². The van der Waals surface area contributed by atoms with E-state index in [1.807, 2.05) is 0 Å². The van der Waals surface area contributed by atoms with Gasteiger partial charge in [0.1, 0.15) is 0 Å². The molecule has 12 heavy (non-hydrogen) atoms. The average Bonchev–Trinajstić information content (AvgIpc) is 2.43. The Hall–Kier alpha value is -0.260. The van der Waals surface area contributed by atoms with Gasteiger partial charge in [-0.2, -0.15) is 0 Å². The normalized spacial score (nSPS) is 22.0. The lowest BCUT2D eigenvalue weighted by atomic mass is 9.83. The lowest BCUT2D eigenvalue weighted by molar-refractivity contribution is 0.327. The van der Waals surface area contributed by atoms with Crippen molar-refractivity contribution in [2.45, 2.75) is 59.8 Å². The van der Waals surface area contributed by atoms with Gasteiger partial charge in [-0.05, 0) is 31.1 Å². The molecule has 0 saturated carbocycles. The minimum absolute atomic E-state index is 0.608. The number of rotatable bonds is 3. The smallest absolute Gasteiger partial charge is 0.0254 e. The lowest BCUT2D eigenvalue weighted by Crippen LogP contribution is -2.10. The molecule has 0 aromatic heterocycles. The van der Waals surface area contributed by atoms with E-state index in [1.165, 1.54) is 32.1 Å². The molecule has 70 valence electrons. The molecule has 0 aliphatic heterocycles. The van der Waals surface area contributed by atoms with Crippen molar-refractivity contribution in [1.29, 1.82) is 0 Å². The van der Waals surface area contributed by atoms with Crippen molar-refractivity contribution in [1.82, 2.24) is 0 Å². The number of hydrogen-bond donors (Lipinski definition) is 0. The highest BCUT2D eigenvalue weighted by molar-refractivity contribution is 5.23. The molecule has 0 aromatic rings. The van der Waals surface area contributed by atoms with Crippen molar-refractivity contribution in [3.63, 3.8) is 0 Å². The molecule has 0 saturated heterocycles. The Morgan fingerprint density at radius 3 is 1.67 bits per heavy atom. The second kappa shape index (κ2) is 3.64.